The number of fused-ring (bicyclic) bond motifs is 1. The number of nitro benzene ring substituents is 1. The summed E-state index contributed by atoms with van der Waals surface area (Å²) in [5.41, 5.74) is 1.61. The van der Waals surface area contributed by atoms with Crippen molar-refractivity contribution in [1.82, 2.24) is 4.90 Å². The van der Waals surface area contributed by atoms with E-state index in [1.165, 1.54) is 12.1 Å². The van der Waals surface area contributed by atoms with E-state index in [1.807, 2.05) is 11.8 Å². The van der Waals surface area contributed by atoms with Crippen molar-refractivity contribution in [3.63, 3.8) is 0 Å². The van der Waals surface area contributed by atoms with Gasteiger partial charge in [-0.1, -0.05) is 19.1 Å². The average molecular weight is 371 g/mol. The van der Waals surface area contributed by atoms with Gasteiger partial charge < -0.3 is 14.8 Å². The van der Waals surface area contributed by atoms with Crippen molar-refractivity contribution >= 4 is 17.3 Å². The summed E-state index contributed by atoms with van der Waals surface area (Å²) < 4.78 is 11.0. The van der Waals surface area contributed by atoms with Gasteiger partial charge in [-0.05, 0) is 24.2 Å². The molecule has 0 spiro atoms. The molecule has 0 radical (unpaired) electrons. The van der Waals surface area contributed by atoms with Gasteiger partial charge in [0.1, 0.15) is 13.2 Å². The van der Waals surface area contributed by atoms with Crippen LogP contribution in [-0.2, 0) is 11.3 Å². The molecular formula is C19H21N3O5. The monoisotopic (exact) mass is 371 g/mol. The van der Waals surface area contributed by atoms with Crippen LogP contribution in [-0.4, -0.2) is 42.0 Å². The fraction of sp³-hybridized carbons (Fsp3) is 0.316. The van der Waals surface area contributed by atoms with Gasteiger partial charge >= 0.3 is 0 Å². The SMILES string of the molecule is CCN(CC(=O)Nc1ccc2c(c1)OCCO2)Cc1ccc([N+](=O)[O-])cc1. The molecule has 1 N–H and O–H groups in total. The standard InChI is InChI=1S/C19H21N3O5/c1-2-21(12-14-3-6-16(7-4-14)22(24)25)13-19(23)20-15-5-8-17-18(11-15)27-10-9-26-17/h3-8,11H,2,9-10,12-13H2,1H3,(H,20,23). The summed E-state index contributed by atoms with van der Waals surface area (Å²) in [4.78, 5) is 24.6. The maximum Gasteiger partial charge on any atom is 0.269 e. The molecule has 1 heterocycles. The number of rotatable bonds is 7. The molecule has 2 aromatic rings. The van der Waals surface area contributed by atoms with Gasteiger partial charge in [-0.25, -0.2) is 0 Å². The topological polar surface area (TPSA) is 93.9 Å². The van der Waals surface area contributed by atoms with Gasteiger partial charge in [0.15, 0.2) is 11.5 Å². The largest absolute Gasteiger partial charge is 0.486 e. The second-order valence-corrected chi connectivity index (χ2v) is 6.13. The molecule has 1 amide bonds. The van der Waals surface area contributed by atoms with E-state index in [0.717, 1.165) is 5.56 Å². The predicted octanol–water partition coefficient (Wildman–Crippen LogP) is 2.83. The molecule has 0 bridgehead atoms. The quantitative estimate of drug-likeness (QED) is 0.594. The minimum atomic E-state index is -0.428. The number of carbonyl (C=O) groups excluding carboxylic acids is 1. The highest BCUT2D eigenvalue weighted by Crippen LogP contribution is 2.32. The fourth-order valence-electron chi connectivity index (χ4n) is 2.79. The molecule has 0 fully saturated rings. The van der Waals surface area contributed by atoms with Crippen LogP contribution in [0.5, 0.6) is 11.5 Å². The molecule has 8 nitrogen and oxygen atoms in total. The van der Waals surface area contributed by atoms with Crippen LogP contribution in [0.25, 0.3) is 0 Å². The molecule has 1 aliphatic rings. The van der Waals surface area contributed by atoms with E-state index < -0.39 is 4.92 Å². The number of nitrogens with zero attached hydrogens (tertiary/aromatic N) is 2. The first-order valence-electron chi connectivity index (χ1n) is 8.70. The van der Waals surface area contributed by atoms with Crippen molar-refractivity contribution in [2.24, 2.45) is 0 Å². The number of nitrogens with one attached hydrogen (secondary N) is 1. The molecule has 0 atom stereocenters. The lowest BCUT2D eigenvalue weighted by Gasteiger charge is -2.21. The number of likely N-dealkylation sites (N-methyl/N-ethyl adjacent to an activating group) is 1. The Morgan fingerprint density at radius 1 is 1.15 bits per heavy atom. The third kappa shape index (κ3) is 4.95. The van der Waals surface area contributed by atoms with Gasteiger partial charge in [0.2, 0.25) is 5.91 Å². The van der Waals surface area contributed by atoms with E-state index in [2.05, 4.69) is 5.32 Å². The van der Waals surface area contributed by atoms with E-state index in [-0.39, 0.29) is 18.1 Å². The summed E-state index contributed by atoms with van der Waals surface area (Å²) in [5, 5.41) is 13.6. The van der Waals surface area contributed by atoms with E-state index in [4.69, 9.17) is 9.47 Å². The van der Waals surface area contributed by atoms with Gasteiger partial charge in [-0.15, -0.1) is 0 Å². The Hall–Kier alpha value is -3.13. The van der Waals surface area contributed by atoms with Crippen LogP contribution in [0, 0.1) is 10.1 Å². The Labute approximate surface area is 156 Å². The molecule has 3 rings (SSSR count). The van der Waals surface area contributed by atoms with Crippen LogP contribution < -0.4 is 14.8 Å². The number of non-ortho nitro benzene ring substituents is 1. The molecule has 27 heavy (non-hydrogen) atoms. The highest BCUT2D eigenvalue weighted by Gasteiger charge is 2.15. The predicted molar refractivity (Wildman–Crippen MR) is 100 cm³/mol. The van der Waals surface area contributed by atoms with Crippen molar-refractivity contribution < 1.29 is 19.2 Å². The lowest BCUT2D eigenvalue weighted by molar-refractivity contribution is -0.384. The second kappa shape index (κ2) is 8.50. The van der Waals surface area contributed by atoms with Gasteiger partial charge in [0.25, 0.3) is 5.69 Å². The number of anilines is 1. The molecular weight excluding hydrogens is 350 g/mol. The van der Waals surface area contributed by atoms with E-state index >= 15 is 0 Å². The minimum absolute atomic E-state index is 0.0538. The second-order valence-electron chi connectivity index (χ2n) is 6.13. The number of carbonyl (C=O) groups is 1. The van der Waals surface area contributed by atoms with Crippen LogP contribution in [0.4, 0.5) is 11.4 Å². The zero-order valence-corrected chi connectivity index (χ0v) is 15.0. The van der Waals surface area contributed by atoms with Crippen LogP contribution in [0.1, 0.15) is 12.5 Å². The molecule has 8 heteroatoms. The Bertz CT molecular complexity index is 823. The van der Waals surface area contributed by atoms with Crippen LogP contribution >= 0.6 is 0 Å². The smallest absolute Gasteiger partial charge is 0.269 e. The van der Waals surface area contributed by atoms with Crippen LogP contribution in [0.15, 0.2) is 42.5 Å². The lowest BCUT2D eigenvalue weighted by Crippen LogP contribution is -2.32. The van der Waals surface area contributed by atoms with Gasteiger partial charge in [-0.2, -0.15) is 0 Å². The summed E-state index contributed by atoms with van der Waals surface area (Å²) in [7, 11) is 0. The Kier molecular flexibility index (Phi) is 5.87. The summed E-state index contributed by atoms with van der Waals surface area (Å²) in [6.45, 7) is 4.38. The highest BCUT2D eigenvalue weighted by molar-refractivity contribution is 5.92. The molecule has 0 unspecified atom stereocenters. The Morgan fingerprint density at radius 3 is 2.52 bits per heavy atom. The Morgan fingerprint density at radius 2 is 1.85 bits per heavy atom. The van der Waals surface area contributed by atoms with E-state index in [1.54, 1.807) is 30.3 Å². The first kappa shape index (κ1) is 18.7. The zero-order valence-electron chi connectivity index (χ0n) is 15.0. The van der Waals surface area contributed by atoms with Crippen molar-refractivity contribution in [2.75, 3.05) is 31.6 Å². The van der Waals surface area contributed by atoms with E-state index in [9.17, 15) is 14.9 Å². The maximum atomic E-state index is 12.4. The van der Waals surface area contributed by atoms with Crippen molar-refractivity contribution in [1.29, 1.82) is 0 Å². The summed E-state index contributed by atoms with van der Waals surface area (Å²) in [5.74, 6) is 1.15. The van der Waals surface area contributed by atoms with Crippen molar-refractivity contribution in [3.8, 4) is 11.5 Å². The molecule has 1 aliphatic heterocycles. The summed E-state index contributed by atoms with van der Waals surface area (Å²) in [6.07, 6.45) is 0. The number of nitro groups is 1. The zero-order chi connectivity index (χ0) is 19.2. The number of benzene rings is 2. The molecule has 0 saturated carbocycles. The molecule has 0 aliphatic carbocycles. The minimum Gasteiger partial charge on any atom is -0.486 e. The number of hydrogen-bond acceptors (Lipinski definition) is 6. The molecule has 0 aromatic heterocycles. The van der Waals surface area contributed by atoms with Crippen molar-refractivity contribution in [2.45, 2.75) is 13.5 Å². The number of amides is 1. The van der Waals surface area contributed by atoms with Gasteiger partial charge in [0, 0.05) is 30.4 Å². The normalized spacial score (nSPS) is 12.7. The fourth-order valence-corrected chi connectivity index (χ4v) is 2.79. The lowest BCUT2D eigenvalue weighted by atomic mass is 10.2. The molecule has 0 saturated heterocycles. The van der Waals surface area contributed by atoms with Gasteiger partial charge in [-0.3, -0.25) is 19.8 Å². The first-order chi connectivity index (χ1) is 13.0. The average Bonchev–Trinajstić information content (AvgIpc) is 2.67. The van der Waals surface area contributed by atoms with Crippen LogP contribution in [0.3, 0.4) is 0 Å². The van der Waals surface area contributed by atoms with Gasteiger partial charge in [0.05, 0.1) is 11.5 Å². The maximum absolute atomic E-state index is 12.4. The number of ether oxygens (including phenoxy) is 2. The van der Waals surface area contributed by atoms with Crippen molar-refractivity contribution in [3.05, 3.63) is 58.1 Å². The first-order valence-corrected chi connectivity index (χ1v) is 8.70. The third-order valence-electron chi connectivity index (χ3n) is 4.19. The highest BCUT2D eigenvalue weighted by atomic mass is 16.6. The summed E-state index contributed by atoms with van der Waals surface area (Å²) in [6, 6.07) is 11.7. The molecule has 142 valence electrons. The molecule has 2 aromatic carbocycles. The third-order valence-corrected chi connectivity index (χ3v) is 4.19. The van der Waals surface area contributed by atoms with E-state index in [0.29, 0.717) is 43.5 Å². The van der Waals surface area contributed by atoms with Crippen LogP contribution in [0.2, 0.25) is 0 Å². The Balaban J connectivity index is 1.57. The summed E-state index contributed by atoms with van der Waals surface area (Å²) >= 11 is 0. The number of hydrogen-bond donors (Lipinski definition) is 1.